The van der Waals surface area contributed by atoms with Crippen molar-refractivity contribution in [3.63, 3.8) is 0 Å². The molecule has 0 unspecified atom stereocenters. The Kier molecular flexibility index (Phi) is 5.19. The lowest BCUT2D eigenvalue weighted by Gasteiger charge is -2.00. The molecule has 0 fully saturated rings. The predicted octanol–water partition coefficient (Wildman–Crippen LogP) is 5.51. The number of aryl methyl sites for hydroxylation is 1. The van der Waals surface area contributed by atoms with Crippen molar-refractivity contribution < 1.29 is 9.32 Å². The molecule has 0 saturated heterocycles. The third-order valence-corrected chi connectivity index (χ3v) is 4.27. The molecule has 24 heavy (non-hydrogen) atoms. The Labute approximate surface area is 153 Å². The number of carbonyl (C=O) groups is 1. The Bertz CT molecular complexity index is 893. The van der Waals surface area contributed by atoms with Crippen LogP contribution in [0.1, 0.15) is 22.5 Å². The lowest BCUT2D eigenvalue weighted by atomic mass is 10.1. The summed E-state index contributed by atoms with van der Waals surface area (Å²) < 4.78 is 5.28. The van der Waals surface area contributed by atoms with Gasteiger partial charge in [0.15, 0.2) is 5.78 Å². The van der Waals surface area contributed by atoms with E-state index in [9.17, 15) is 4.79 Å². The SMILES string of the molecule is O=C(CCc1cc(-c2ccc(Cl)cc2Cl)no1)c1cccnc1Cl. The topological polar surface area (TPSA) is 56.0 Å². The lowest BCUT2D eigenvalue weighted by Crippen LogP contribution is -2.02. The van der Waals surface area contributed by atoms with Crippen LogP contribution in [0.4, 0.5) is 0 Å². The van der Waals surface area contributed by atoms with E-state index in [0.29, 0.717) is 33.5 Å². The predicted molar refractivity (Wildman–Crippen MR) is 93.9 cm³/mol. The Balaban J connectivity index is 1.70. The zero-order chi connectivity index (χ0) is 17.1. The fourth-order valence-electron chi connectivity index (χ4n) is 2.22. The van der Waals surface area contributed by atoms with Gasteiger partial charge in [0.2, 0.25) is 0 Å². The highest BCUT2D eigenvalue weighted by atomic mass is 35.5. The average Bonchev–Trinajstić information content (AvgIpc) is 3.01. The van der Waals surface area contributed by atoms with E-state index in [1.54, 1.807) is 36.4 Å². The lowest BCUT2D eigenvalue weighted by molar-refractivity contribution is 0.0980. The molecule has 122 valence electrons. The maximum Gasteiger partial charge on any atom is 0.166 e. The van der Waals surface area contributed by atoms with Crippen LogP contribution in [0.3, 0.4) is 0 Å². The molecule has 4 nitrogen and oxygen atoms in total. The number of aromatic nitrogens is 2. The normalized spacial score (nSPS) is 10.8. The summed E-state index contributed by atoms with van der Waals surface area (Å²) in [7, 11) is 0. The first-order valence-corrected chi connectivity index (χ1v) is 8.22. The van der Waals surface area contributed by atoms with Crippen LogP contribution < -0.4 is 0 Å². The summed E-state index contributed by atoms with van der Waals surface area (Å²) in [6.45, 7) is 0. The Hall–Kier alpha value is -1.88. The van der Waals surface area contributed by atoms with E-state index in [2.05, 4.69) is 10.1 Å². The van der Waals surface area contributed by atoms with E-state index in [1.807, 2.05) is 0 Å². The zero-order valence-corrected chi connectivity index (χ0v) is 14.6. The molecular weight excluding hydrogens is 371 g/mol. The summed E-state index contributed by atoms with van der Waals surface area (Å²) in [4.78, 5) is 16.1. The Morgan fingerprint density at radius 3 is 2.71 bits per heavy atom. The van der Waals surface area contributed by atoms with Crippen molar-refractivity contribution in [2.45, 2.75) is 12.8 Å². The molecule has 0 bridgehead atoms. The number of Topliss-reactive ketones (excluding diaryl/α,β-unsaturated/α-hetero) is 1. The quantitative estimate of drug-likeness (QED) is 0.432. The molecular formula is C17H11Cl3N2O2. The number of hydrogen-bond acceptors (Lipinski definition) is 4. The smallest absolute Gasteiger partial charge is 0.166 e. The van der Waals surface area contributed by atoms with Gasteiger partial charge in [-0.2, -0.15) is 0 Å². The first-order chi connectivity index (χ1) is 11.5. The van der Waals surface area contributed by atoms with E-state index >= 15 is 0 Å². The van der Waals surface area contributed by atoms with Gasteiger partial charge < -0.3 is 4.52 Å². The monoisotopic (exact) mass is 380 g/mol. The summed E-state index contributed by atoms with van der Waals surface area (Å²) in [5, 5.41) is 5.23. The van der Waals surface area contributed by atoms with Gasteiger partial charge in [-0.1, -0.05) is 40.0 Å². The minimum Gasteiger partial charge on any atom is -0.361 e. The van der Waals surface area contributed by atoms with Crippen molar-refractivity contribution in [3.05, 3.63) is 69.1 Å². The number of halogens is 3. The number of hydrogen-bond donors (Lipinski definition) is 0. The van der Waals surface area contributed by atoms with Crippen molar-refractivity contribution >= 4 is 40.6 Å². The highest BCUT2D eigenvalue weighted by Crippen LogP contribution is 2.30. The van der Waals surface area contributed by atoms with Crippen molar-refractivity contribution in [1.29, 1.82) is 0 Å². The first-order valence-electron chi connectivity index (χ1n) is 7.09. The molecule has 1 aromatic carbocycles. The number of pyridine rings is 1. The maximum absolute atomic E-state index is 12.2. The van der Waals surface area contributed by atoms with Crippen molar-refractivity contribution in [1.82, 2.24) is 10.1 Å². The van der Waals surface area contributed by atoms with E-state index < -0.39 is 0 Å². The molecule has 0 radical (unpaired) electrons. The fourth-order valence-corrected chi connectivity index (χ4v) is 2.95. The minimum atomic E-state index is -0.101. The Morgan fingerprint density at radius 2 is 1.96 bits per heavy atom. The largest absolute Gasteiger partial charge is 0.361 e. The second-order valence-corrected chi connectivity index (χ2v) is 6.27. The van der Waals surface area contributed by atoms with Crippen molar-refractivity contribution in [2.24, 2.45) is 0 Å². The molecule has 0 saturated carbocycles. The van der Waals surface area contributed by atoms with Crippen molar-refractivity contribution in [3.8, 4) is 11.3 Å². The molecule has 0 amide bonds. The molecule has 7 heteroatoms. The van der Waals surface area contributed by atoms with Gasteiger partial charge in [0.05, 0.1) is 10.6 Å². The molecule has 3 aromatic rings. The molecule has 0 spiro atoms. The summed E-state index contributed by atoms with van der Waals surface area (Å²) in [5.74, 6) is 0.486. The summed E-state index contributed by atoms with van der Waals surface area (Å²) in [6.07, 6.45) is 2.19. The average molecular weight is 382 g/mol. The van der Waals surface area contributed by atoms with Crippen LogP contribution in [0.25, 0.3) is 11.3 Å². The van der Waals surface area contributed by atoms with Crippen LogP contribution in [-0.4, -0.2) is 15.9 Å². The van der Waals surface area contributed by atoms with E-state index in [-0.39, 0.29) is 17.4 Å². The third kappa shape index (κ3) is 3.78. The molecule has 0 aliphatic carbocycles. The van der Waals surface area contributed by atoms with E-state index in [0.717, 1.165) is 5.56 Å². The molecule has 2 aromatic heterocycles. The molecule has 0 aliphatic rings. The van der Waals surface area contributed by atoms with Crippen LogP contribution in [0.2, 0.25) is 15.2 Å². The molecule has 3 rings (SSSR count). The maximum atomic E-state index is 12.2. The summed E-state index contributed by atoms with van der Waals surface area (Å²) in [6, 6.07) is 10.2. The minimum absolute atomic E-state index is 0.101. The van der Waals surface area contributed by atoms with Crippen LogP contribution in [0.15, 0.2) is 47.1 Å². The van der Waals surface area contributed by atoms with E-state index in [1.165, 1.54) is 6.20 Å². The van der Waals surface area contributed by atoms with Crippen LogP contribution in [0, 0.1) is 0 Å². The second-order valence-electron chi connectivity index (χ2n) is 5.07. The first kappa shape index (κ1) is 17.0. The Morgan fingerprint density at radius 1 is 1.12 bits per heavy atom. The van der Waals surface area contributed by atoms with Crippen molar-refractivity contribution in [2.75, 3.05) is 0 Å². The van der Waals surface area contributed by atoms with E-state index in [4.69, 9.17) is 39.3 Å². The highest BCUT2D eigenvalue weighted by molar-refractivity contribution is 6.36. The van der Waals surface area contributed by atoms with Gasteiger partial charge in [0.25, 0.3) is 0 Å². The number of ketones is 1. The van der Waals surface area contributed by atoms with Gasteiger partial charge in [-0.3, -0.25) is 4.79 Å². The third-order valence-electron chi connectivity index (χ3n) is 3.42. The number of carbonyl (C=O) groups excluding carboxylic acids is 1. The number of nitrogens with zero attached hydrogens (tertiary/aromatic N) is 2. The summed E-state index contributed by atoms with van der Waals surface area (Å²) in [5.41, 5.74) is 1.72. The molecule has 0 aliphatic heterocycles. The van der Waals surface area contributed by atoms with Gasteiger partial charge in [-0.25, -0.2) is 4.98 Å². The second kappa shape index (κ2) is 7.34. The molecule has 0 N–H and O–H groups in total. The number of benzene rings is 1. The summed E-state index contributed by atoms with van der Waals surface area (Å²) >= 11 is 18.0. The van der Waals surface area contributed by atoms with Crippen LogP contribution >= 0.6 is 34.8 Å². The standard InChI is InChI=1S/C17H11Cl3N2O2/c18-10-3-5-12(14(19)8-10)15-9-11(24-22-15)4-6-16(23)13-2-1-7-21-17(13)20/h1-3,5,7-9H,4,6H2. The molecule has 2 heterocycles. The van der Waals surface area contributed by atoms with Crippen LogP contribution in [-0.2, 0) is 6.42 Å². The molecule has 0 atom stereocenters. The fraction of sp³-hybridized carbons (Fsp3) is 0.118. The van der Waals surface area contributed by atoms with Crippen LogP contribution in [0.5, 0.6) is 0 Å². The van der Waals surface area contributed by atoms with Gasteiger partial charge in [-0.05, 0) is 30.3 Å². The van der Waals surface area contributed by atoms with Gasteiger partial charge >= 0.3 is 0 Å². The van der Waals surface area contributed by atoms with Gasteiger partial charge in [0, 0.05) is 35.7 Å². The van der Waals surface area contributed by atoms with Gasteiger partial charge in [-0.15, -0.1) is 0 Å². The number of rotatable bonds is 5. The zero-order valence-electron chi connectivity index (χ0n) is 12.3. The highest BCUT2D eigenvalue weighted by Gasteiger charge is 2.14. The van der Waals surface area contributed by atoms with Gasteiger partial charge in [0.1, 0.15) is 16.6 Å².